The van der Waals surface area contributed by atoms with Crippen molar-refractivity contribution >= 4 is 12.6 Å². The minimum Gasteiger partial charge on any atom is -0.237 e. The molecule has 82 valence electrons. The van der Waals surface area contributed by atoms with Gasteiger partial charge in [0, 0.05) is 0 Å². The van der Waals surface area contributed by atoms with E-state index in [-0.39, 0.29) is 11.1 Å². The Morgan fingerprint density at radius 3 is 2.06 bits per heavy atom. The van der Waals surface area contributed by atoms with Gasteiger partial charge in [-0.05, 0) is 17.7 Å². The van der Waals surface area contributed by atoms with Crippen LogP contribution in [0.4, 0.5) is 8.78 Å². The molecule has 0 fully saturated rings. The first-order chi connectivity index (χ1) is 7.66. The third-order valence-electron chi connectivity index (χ3n) is 2.07. The molecular formula is C11H8F2N2S. The Balaban J connectivity index is 2.28. The molecular weight excluding hydrogens is 230 g/mol. The quantitative estimate of drug-likeness (QED) is 0.814. The number of thiol groups is 1. The molecule has 5 heteroatoms. The minimum atomic E-state index is -0.497. The number of benzene rings is 1. The number of aromatic nitrogens is 2. The van der Waals surface area contributed by atoms with Gasteiger partial charge in [-0.25, -0.2) is 18.7 Å². The van der Waals surface area contributed by atoms with Crippen LogP contribution in [0, 0.1) is 11.6 Å². The van der Waals surface area contributed by atoms with Gasteiger partial charge in [0.1, 0.15) is 11.6 Å². The number of hydrogen-bond acceptors (Lipinski definition) is 3. The topological polar surface area (TPSA) is 25.8 Å². The highest BCUT2D eigenvalue weighted by molar-refractivity contribution is 7.80. The van der Waals surface area contributed by atoms with Crippen LogP contribution in [0.1, 0.15) is 16.6 Å². The zero-order valence-electron chi connectivity index (χ0n) is 8.14. The molecule has 0 saturated heterocycles. The largest absolute Gasteiger partial charge is 0.237 e. The van der Waals surface area contributed by atoms with Crippen LogP contribution >= 0.6 is 12.6 Å². The molecule has 0 bridgehead atoms. The molecule has 1 atom stereocenters. The van der Waals surface area contributed by atoms with Crippen LogP contribution in [-0.2, 0) is 0 Å². The third kappa shape index (κ3) is 2.36. The summed E-state index contributed by atoms with van der Waals surface area (Å²) < 4.78 is 25.3. The Morgan fingerprint density at radius 1 is 0.938 bits per heavy atom. The number of nitrogens with zero attached hydrogens (tertiary/aromatic N) is 2. The van der Waals surface area contributed by atoms with Gasteiger partial charge in [-0.3, -0.25) is 0 Å². The second kappa shape index (κ2) is 4.57. The Morgan fingerprint density at radius 2 is 1.50 bits per heavy atom. The van der Waals surface area contributed by atoms with E-state index in [1.807, 2.05) is 0 Å². The van der Waals surface area contributed by atoms with Crippen molar-refractivity contribution in [1.29, 1.82) is 0 Å². The summed E-state index contributed by atoms with van der Waals surface area (Å²) in [5.41, 5.74) is 0.761. The molecule has 1 unspecified atom stereocenters. The van der Waals surface area contributed by atoms with Gasteiger partial charge in [-0.1, -0.05) is 12.1 Å². The fraction of sp³-hybridized carbons (Fsp3) is 0.0909. The predicted octanol–water partition coefficient (Wildman–Crippen LogP) is 2.77. The monoisotopic (exact) mass is 238 g/mol. The standard InChI is InChI=1S/C11H8F2N2S/c12-8-3-1-7(2-4-8)10(16)11-14-5-9(13)6-15-11/h1-6,10,16H. The van der Waals surface area contributed by atoms with Crippen molar-refractivity contribution in [3.05, 3.63) is 59.7 Å². The van der Waals surface area contributed by atoms with E-state index in [0.29, 0.717) is 5.82 Å². The second-order valence-electron chi connectivity index (χ2n) is 3.21. The SMILES string of the molecule is Fc1ccc(C(S)c2ncc(F)cn2)cc1. The van der Waals surface area contributed by atoms with E-state index < -0.39 is 5.82 Å². The van der Waals surface area contributed by atoms with E-state index in [9.17, 15) is 8.78 Å². The summed E-state index contributed by atoms with van der Waals surface area (Å²) in [6.45, 7) is 0. The summed E-state index contributed by atoms with van der Waals surface area (Å²) in [7, 11) is 0. The average Bonchev–Trinajstić information content (AvgIpc) is 2.30. The van der Waals surface area contributed by atoms with Gasteiger partial charge in [0.2, 0.25) is 0 Å². The molecule has 0 amide bonds. The van der Waals surface area contributed by atoms with E-state index in [2.05, 4.69) is 22.6 Å². The highest BCUT2D eigenvalue weighted by Crippen LogP contribution is 2.25. The van der Waals surface area contributed by atoms with Gasteiger partial charge in [-0.15, -0.1) is 0 Å². The van der Waals surface area contributed by atoms with E-state index in [1.165, 1.54) is 12.1 Å². The fourth-order valence-electron chi connectivity index (χ4n) is 1.26. The van der Waals surface area contributed by atoms with Gasteiger partial charge < -0.3 is 0 Å². The smallest absolute Gasteiger partial charge is 0.159 e. The van der Waals surface area contributed by atoms with Crippen LogP contribution in [0.25, 0.3) is 0 Å². The molecule has 2 aromatic rings. The van der Waals surface area contributed by atoms with Crippen molar-refractivity contribution in [2.45, 2.75) is 5.25 Å². The van der Waals surface area contributed by atoms with Crippen molar-refractivity contribution in [2.75, 3.05) is 0 Å². The van der Waals surface area contributed by atoms with Gasteiger partial charge >= 0.3 is 0 Å². The maximum Gasteiger partial charge on any atom is 0.159 e. The van der Waals surface area contributed by atoms with Crippen LogP contribution in [0.5, 0.6) is 0 Å². The maximum atomic E-state index is 12.7. The number of rotatable bonds is 2. The molecule has 0 saturated carbocycles. The summed E-state index contributed by atoms with van der Waals surface area (Å²) in [4.78, 5) is 7.64. The average molecular weight is 238 g/mol. The van der Waals surface area contributed by atoms with Crippen LogP contribution in [0.3, 0.4) is 0 Å². The minimum absolute atomic E-state index is 0.315. The molecule has 0 N–H and O–H groups in total. The molecule has 0 aliphatic rings. The molecule has 16 heavy (non-hydrogen) atoms. The third-order valence-corrected chi connectivity index (χ3v) is 2.60. The van der Waals surface area contributed by atoms with Gasteiger partial charge in [-0.2, -0.15) is 12.6 Å². The van der Waals surface area contributed by atoms with Crippen LogP contribution in [0.15, 0.2) is 36.7 Å². The van der Waals surface area contributed by atoms with Crippen molar-refractivity contribution in [3.8, 4) is 0 Å². The van der Waals surface area contributed by atoms with E-state index in [0.717, 1.165) is 18.0 Å². The lowest BCUT2D eigenvalue weighted by Gasteiger charge is -2.08. The summed E-state index contributed by atoms with van der Waals surface area (Å²) in [5.74, 6) is -0.427. The van der Waals surface area contributed by atoms with Gasteiger partial charge in [0.05, 0.1) is 17.6 Å². The van der Waals surface area contributed by atoms with Crippen LogP contribution in [-0.4, -0.2) is 9.97 Å². The Labute approximate surface area is 96.8 Å². The molecule has 1 aromatic carbocycles. The van der Waals surface area contributed by atoms with E-state index >= 15 is 0 Å². The Kier molecular flexibility index (Phi) is 3.14. The lowest BCUT2D eigenvalue weighted by molar-refractivity contribution is 0.609. The molecule has 2 nitrogen and oxygen atoms in total. The number of halogens is 2. The first kappa shape index (κ1) is 11.0. The molecule has 0 radical (unpaired) electrons. The van der Waals surface area contributed by atoms with E-state index in [4.69, 9.17) is 0 Å². The lowest BCUT2D eigenvalue weighted by atomic mass is 10.1. The first-order valence-electron chi connectivity index (χ1n) is 4.58. The molecule has 0 spiro atoms. The van der Waals surface area contributed by atoms with Crippen molar-refractivity contribution in [3.63, 3.8) is 0 Å². The normalized spacial score (nSPS) is 12.4. The van der Waals surface area contributed by atoms with Crippen LogP contribution < -0.4 is 0 Å². The van der Waals surface area contributed by atoms with E-state index in [1.54, 1.807) is 12.1 Å². The highest BCUT2D eigenvalue weighted by Gasteiger charge is 2.12. The zero-order valence-corrected chi connectivity index (χ0v) is 9.03. The van der Waals surface area contributed by atoms with Crippen molar-refractivity contribution < 1.29 is 8.78 Å². The molecule has 0 aliphatic heterocycles. The summed E-state index contributed by atoms with van der Waals surface area (Å²) >= 11 is 4.31. The molecule has 1 heterocycles. The molecule has 1 aromatic heterocycles. The zero-order chi connectivity index (χ0) is 11.5. The lowest BCUT2D eigenvalue weighted by Crippen LogP contribution is -2.00. The van der Waals surface area contributed by atoms with Gasteiger partial charge in [0.25, 0.3) is 0 Å². The first-order valence-corrected chi connectivity index (χ1v) is 5.09. The maximum absolute atomic E-state index is 12.7. The highest BCUT2D eigenvalue weighted by atomic mass is 32.1. The van der Waals surface area contributed by atoms with Crippen LogP contribution in [0.2, 0.25) is 0 Å². The second-order valence-corrected chi connectivity index (χ2v) is 3.73. The fourth-order valence-corrected chi connectivity index (χ4v) is 1.56. The summed E-state index contributed by atoms with van der Waals surface area (Å²) in [5, 5.41) is -0.388. The number of hydrogen-bond donors (Lipinski definition) is 1. The van der Waals surface area contributed by atoms with Crippen molar-refractivity contribution in [2.24, 2.45) is 0 Å². The summed E-state index contributed by atoms with van der Waals surface area (Å²) in [6, 6.07) is 5.86. The molecule has 0 aliphatic carbocycles. The Hall–Kier alpha value is -1.49. The summed E-state index contributed by atoms with van der Waals surface area (Å²) in [6.07, 6.45) is 2.16. The molecule has 2 rings (SSSR count). The van der Waals surface area contributed by atoms with Gasteiger partial charge in [0.15, 0.2) is 5.82 Å². The Bertz CT molecular complexity index is 425. The van der Waals surface area contributed by atoms with Crippen molar-refractivity contribution in [1.82, 2.24) is 9.97 Å². The predicted molar refractivity (Wildman–Crippen MR) is 59.2 cm³/mol.